The number of benzene rings is 1. The molecule has 24 heavy (non-hydrogen) atoms. The number of hydrogen-bond acceptors (Lipinski definition) is 6. The van der Waals surface area contributed by atoms with Crippen LogP contribution in [0.15, 0.2) is 18.2 Å². The number of fused-ring (bicyclic) bond motifs is 1. The van der Waals surface area contributed by atoms with Crippen LogP contribution in [0.5, 0.6) is 5.75 Å². The van der Waals surface area contributed by atoms with Crippen LogP contribution in [0.1, 0.15) is 6.42 Å². The lowest BCUT2D eigenvalue weighted by molar-refractivity contribution is -0.384. The van der Waals surface area contributed by atoms with Crippen LogP contribution in [0, 0.1) is 10.1 Å². The van der Waals surface area contributed by atoms with Gasteiger partial charge < -0.3 is 14.7 Å². The quantitative estimate of drug-likeness (QED) is 0.581. The molecule has 0 saturated carbocycles. The van der Waals surface area contributed by atoms with Crippen molar-refractivity contribution in [3.63, 3.8) is 0 Å². The molecule has 0 fully saturated rings. The van der Waals surface area contributed by atoms with Gasteiger partial charge in [0.15, 0.2) is 6.61 Å². The first-order valence-corrected chi connectivity index (χ1v) is 6.97. The highest BCUT2D eigenvalue weighted by molar-refractivity contribution is 6.02. The van der Waals surface area contributed by atoms with Gasteiger partial charge in [0.2, 0.25) is 5.91 Å². The number of rotatable bonds is 6. The number of hydrogen-bond donors (Lipinski definition) is 1. The summed E-state index contributed by atoms with van der Waals surface area (Å²) in [5.74, 6) is -1.77. The summed E-state index contributed by atoms with van der Waals surface area (Å²) < 4.78 is 5.21. The Kier molecular flexibility index (Phi) is 4.97. The van der Waals surface area contributed by atoms with Crippen LogP contribution in [0.2, 0.25) is 0 Å². The molecule has 0 saturated heterocycles. The number of carboxylic acid groups (broad SMARTS) is 1. The van der Waals surface area contributed by atoms with Crippen molar-refractivity contribution >= 4 is 29.2 Å². The number of aliphatic carboxylic acids is 1. The molecule has 1 aromatic rings. The minimum atomic E-state index is -1.04. The van der Waals surface area contributed by atoms with E-state index in [0.717, 1.165) is 11.0 Å². The van der Waals surface area contributed by atoms with Crippen LogP contribution < -0.4 is 9.64 Å². The molecule has 1 aliphatic rings. The Labute approximate surface area is 136 Å². The van der Waals surface area contributed by atoms with Crippen LogP contribution in [0.25, 0.3) is 0 Å². The molecule has 1 heterocycles. The zero-order valence-electron chi connectivity index (χ0n) is 12.8. The monoisotopic (exact) mass is 337 g/mol. The maximum absolute atomic E-state index is 12.2. The van der Waals surface area contributed by atoms with Gasteiger partial charge in [-0.2, -0.15) is 0 Å². The van der Waals surface area contributed by atoms with Gasteiger partial charge >= 0.3 is 5.97 Å². The lowest BCUT2D eigenvalue weighted by atomic mass is 10.2. The Bertz CT molecular complexity index is 704. The van der Waals surface area contributed by atoms with Gasteiger partial charge in [0, 0.05) is 25.7 Å². The zero-order chi connectivity index (χ0) is 17.9. The molecule has 10 nitrogen and oxygen atoms in total. The van der Waals surface area contributed by atoms with Gasteiger partial charge in [-0.25, -0.2) is 0 Å². The van der Waals surface area contributed by atoms with E-state index in [1.807, 2.05) is 0 Å². The van der Waals surface area contributed by atoms with Gasteiger partial charge in [0.05, 0.1) is 17.0 Å². The molecular weight excluding hydrogens is 322 g/mol. The number of nitrogens with zero attached hydrogens (tertiary/aromatic N) is 3. The number of carboxylic acids is 1. The fourth-order valence-electron chi connectivity index (χ4n) is 2.12. The molecule has 1 aliphatic heterocycles. The predicted molar refractivity (Wildman–Crippen MR) is 80.8 cm³/mol. The molecule has 0 atom stereocenters. The van der Waals surface area contributed by atoms with Gasteiger partial charge in [-0.15, -0.1) is 0 Å². The third-order valence-electron chi connectivity index (χ3n) is 3.48. The first-order valence-electron chi connectivity index (χ1n) is 6.97. The fourth-order valence-corrected chi connectivity index (χ4v) is 2.12. The normalized spacial score (nSPS) is 13.0. The third kappa shape index (κ3) is 3.77. The van der Waals surface area contributed by atoms with E-state index in [4.69, 9.17) is 9.84 Å². The summed E-state index contributed by atoms with van der Waals surface area (Å²) in [5.41, 5.74) is -0.0934. The molecule has 0 aliphatic carbocycles. The largest absolute Gasteiger partial charge is 0.482 e. The van der Waals surface area contributed by atoms with Crippen LogP contribution in [-0.4, -0.2) is 59.5 Å². The minimum Gasteiger partial charge on any atom is -0.482 e. The lowest BCUT2D eigenvalue weighted by Crippen LogP contribution is -2.45. The van der Waals surface area contributed by atoms with Crippen LogP contribution in [0.4, 0.5) is 11.4 Å². The summed E-state index contributed by atoms with van der Waals surface area (Å²) in [6.45, 7) is -0.641. The van der Waals surface area contributed by atoms with Gasteiger partial charge in [-0.3, -0.25) is 29.4 Å². The van der Waals surface area contributed by atoms with Gasteiger partial charge in [0.1, 0.15) is 12.3 Å². The van der Waals surface area contributed by atoms with E-state index in [1.54, 1.807) is 0 Å². The molecule has 1 N–H and O–H groups in total. The highest BCUT2D eigenvalue weighted by Crippen LogP contribution is 2.35. The van der Waals surface area contributed by atoms with Gasteiger partial charge in [-0.05, 0) is 6.07 Å². The van der Waals surface area contributed by atoms with Crippen molar-refractivity contribution in [3.8, 4) is 5.75 Å². The summed E-state index contributed by atoms with van der Waals surface area (Å²) in [7, 11) is 1.42. The highest BCUT2D eigenvalue weighted by Gasteiger charge is 2.30. The van der Waals surface area contributed by atoms with E-state index in [-0.39, 0.29) is 43.2 Å². The predicted octanol–water partition coefficient (Wildman–Crippen LogP) is 0.253. The number of non-ortho nitro benzene ring substituents is 1. The molecule has 0 radical (unpaired) electrons. The topological polar surface area (TPSA) is 130 Å². The first kappa shape index (κ1) is 17.2. The summed E-state index contributed by atoms with van der Waals surface area (Å²) in [6.07, 6.45) is -0.221. The molecule has 0 unspecified atom stereocenters. The zero-order valence-corrected chi connectivity index (χ0v) is 12.8. The molecule has 128 valence electrons. The van der Waals surface area contributed by atoms with E-state index >= 15 is 0 Å². The van der Waals surface area contributed by atoms with Crippen LogP contribution in [0.3, 0.4) is 0 Å². The van der Waals surface area contributed by atoms with Crippen molar-refractivity contribution in [2.75, 3.05) is 31.6 Å². The van der Waals surface area contributed by atoms with Crippen molar-refractivity contribution < 1.29 is 29.2 Å². The van der Waals surface area contributed by atoms with Crippen molar-refractivity contribution in [2.45, 2.75) is 6.42 Å². The Hall–Kier alpha value is -3.17. The number of ether oxygens (including phenoxy) is 1. The highest BCUT2D eigenvalue weighted by atomic mass is 16.6. The second-order valence-electron chi connectivity index (χ2n) is 5.14. The summed E-state index contributed by atoms with van der Waals surface area (Å²) in [4.78, 5) is 47.3. The third-order valence-corrected chi connectivity index (χ3v) is 3.48. The number of anilines is 1. The number of nitro groups is 1. The summed E-state index contributed by atoms with van der Waals surface area (Å²) >= 11 is 0. The smallest absolute Gasteiger partial charge is 0.305 e. The fraction of sp³-hybridized carbons (Fsp3) is 0.357. The number of nitro benzene ring substituents is 1. The van der Waals surface area contributed by atoms with Gasteiger partial charge in [-0.1, -0.05) is 0 Å². The standard InChI is InChI=1S/C14H15N3O7/c1-15(5-4-14(20)21)12(18)7-16-10-6-9(17(22)23)2-3-11(10)24-8-13(16)19/h2-3,6H,4-5,7-8H2,1H3,(H,20,21). The van der Waals surface area contributed by atoms with E-state index in [2.05, 4.69) is 0 Å². The average Bonchev–Trinajstić information content (AvgIpc) is 2.54. The van der Waals surface area contributed by atoms with Crippen LogP contribution >= 0.6 is 0 Å². The molecular formula is C14H15N3O7. The molecule has 2 rings (SSSR count). The molecule has 1 aromatic carbocycles. The number of carbonyl (C=O) groups is 3. The Morgan fingerprint density at radius 2 is 2.17 bits per heavy atom. The van der Waals surface area contributed by atoms with E-state index in [0.29, 0.717) is 0 Å². The van der Waals surface area contributed by atoms with Crippen LogP contribution in [-0.2, 0) is 14.4 Å². The lowest BCUT2D eigenvalue weighted by Gasteiger charge is -2.30. The minimum absolute atomic E-state index is 0.00546. The molecule has 0 aromatic heterocycles. The van der Waals surface area contributed by atoms with E-state index in [1.165, 1.54) is 24.1 Å². The Morgan fingerprint density at radius 3 is 2.79 bits per heavy atom. The maximum atomic E-state index is 12.2. The SMILES string of the molecule is CN(CCC(=O)O)C(=O)CN1C(=O)COc2ccc([N+](=O)[O-])cc21. The molecule has 0 spiro atoms. The summed E-state index contributed by atoms with van der Waals surface area (Å²) in [5, 5.41) is 19.5. The average molecular weight is 337 g/mol. The van der Waals surface area contributed by atoms with E-state index < -0.39 is 22.7 Å². The molecule has 10 heteroatoms. The van der Waals surface area contributed by atoms with Crippen molar-refractivity contribution in [1.82, 2.24) is 4.90 Å². The van der Waals surface area contributed by atoms with E-state index in [9.17, 15) is 24.5 Å². The van der Waals surface area contributed by atoms with Crippen molar-refractivity contribution in [1.29, 1.82) is 0 Å². The second-order valence-corrected chi connectivity index (χ2v) is 5.14. The van der Waals surface area contributed by atoms with Gasteiger partial charge in [0.25, 0.3) is 11.6 Å². The Balaban J connectivity index is 2.19. The molecule has 2 amide bonds. The first-order chi connectivity index (χ1) is 11.3. The molecule has 0 bridgehead atoms. The van der Waals surface area contributed by atoms with Crippen molar-refractivity contribution in [2.24, 2.45) is 0 Å². The van der Waals surface area contributed by atoms with Crippen molar-refractivity contribution in [3.05, 3.63) is 28.3 Å². The Morgan fingerprint density at radius 1 is 1.46 bits per heavy atom. The number of amides is 2. The number of carbonyl (C=O) groups excluding carboxylic acids is 2. The summed E-state index contributed by atoms with van der Waals surface area (Å²) in [6, 6.07) is 3.77. The second kappa shape index (κ2) is 6.94. The number of likely N-dealkylation sites (N-methyl/N-ethyl adjacent to an activating group) is 1. The maximum Gasteiger partial charge on any atom is 0.305 e.